The van der Waals surface area contributed by atoms with Crippen LogP contribution >= 0.6 is 0 Å². The van der Waals surface area contributed by atoms with Crippen LogP contribution in [0.4, 0.5) is 0 Å². The molecule has 2 N–H and O–H groups in total. The van der Waals surface area contributed by atoms with E-state index in [4.69, 9.17) is 9.84 Å². The number of carbonyl (C=O) groups is 2. The molecule has 1 aromatic rings. The number of nitrogens with one attached hydrogen (secondary N) is 1. The van der Waals surface area contributed by atoms with Crippen LogP contribution in [0.25, 0.3) is 0 Å². The molecule has 0 radical (unpaired) electrons. The molecule has 1 saturated carbocycles. The van der Waals surface area contributed by atoms with Gasteiger partial charge in [0.2, 0.25) is 0 Å². The van der Waals surface area contributed by atoms with Gasteiger partial charge < -0.3 is 9.84 Å². The van der Waals surface area contributed by atoms with Gasteiger partial charge in [0.05, 0.1) is 0 Å². The zero-order valence-corrected chi connectivity index (χ0v) is 12.9. The molecule has 1 fully saturated rings. The molecule has 5 heteroatoms. The third kappa shape index (κ3) is 4.07. The van der Waals surface area contributed by atoms with Crippen LogP contribution in [0.15, 0.2) is 30.3 Å². The predicted molar refractivity (Wildman–Crippen MR) is 82.3 cm³/mol. The smallest absolute Gasteiger partial charge is 0.326 e. The standard InChI is InChI=1S/C17H23NO4/c1-13(15(19)20)18-17(10-6-3-7-11-17)16(21)22-12-14-8-4-2-5-9-14/h2,4-5,8-9,13,18H,3,6-7,10-12H2,1H3,(H,19,20). The van der Waals surface area contributed by atoms with Crippen molar-refractivity contribution in [1.29, 1.82) is 0 Å². The molecule has 22 heavy (non-hydrogen) atoms. The minimum Gasteiger partial charge on any atom is -0.480 e. The van der Waals surface area contributed by atoms with Gasteiger partial charge in [-0.15, -0.1) is 0 Å². The highest BCUT2D eigenvalue weighted by Gasteiger charge is 2.42. The van der Waals surface area contributed by atoms with E-state index in [1.807, 2.05) is 30.3 Å². The Kier molecular flexibility index (Phi) is 5.55. The van der Waals surface area contributed by atoms with Gasteiger partial charge in [0, 0.05) is 0 Å². The van der Waals surface area contributed by atoms with Gasteiger partial charge in [0.15, 0.2) is 0 Å². The summed E-state index contributed by atoms with van der Waals surface area (Å²) in [5, 5.41) is 12.1. The Balaban J connectivity index is 2.04. The van der Waals surface area contributed by atoms with Crippen LogP contribution in [0, 0.1) is 0 Å². The van der Waals surface area contributed by atoms with E-state index in [-0.39, 0.29) is 12.6 Å². The molecule has 0 saturated heterocycles. The van der Waals surface area contributed by atoms with Gasteiger partial charge in [0.1, 0.15) is 18.2 Å². The zero-order valence-electron chi connectivity index (χ0n) is 12.9. The SMILES string of the molecule is CC(NC1(C(=O)OCc2ccccc2)CCCCC1)C(=O)O. The highest BCUT2D eigenvalue weighted by Crippen LogP contribution is 2.30. The summed E-state index contributed by atoms with van der Waals surface area (Å²) in [6, 6.07) is 8.71. The first-order chi connectivity index (χ1) is 10.5. The van der Waals surface area contributed by atoms with Crippen molar-refractivity contribution in [2.75, 3.05) is 0 Å². The van der Waals surface area contributed by atoms with Gasteiger partial charge in [-0.2, -0.15) is 0 Å². The fraction of sp³-hybridized carbons (Fsp3) is 0.529. The van der Waals surface area contributed by atoms with E-state index in [0.717, 1.165) is 24.8 Å². The molecule has 1 aromatic carbocycles. The van der Waals surface area contributed by atoms with E-state index < -0.39 is 17.6 Å². The topological polar surface area (TPSA) is 75.6 Å². The second-order valence-corrected chi connectivity index (χ2v) is 5.91. The van der Waals surface area contributed by atoms with Crippen LogP contribution in [0.5, 0.6) is 0 Å². The first kappa shape index (κ1) is 16.5. The summed E-state index contributed by atoms with van der Waals surface area (Å²) in [5.41, 5.74) is 0.0540. The van der Waals surface area contributed by atoms with Gasteiger partial charge in [-0.25, -0.2) is 0 Å². The maximum Gasteiger partial charge on any atom is 0.326 e. The fourth-order valence-corrected chi connectivity index (χ4v) is 2.90. The number of esters is 1. The molecule has 1 atom stereocenters. The van der Waals surface area contributed by atoms with Crippen molar-refractivity contribution >= 4 is 11.9 Å². The average molecular weight is 305 g/mol. The highest BCUT2D eigenvalue weighted by molar-refractivity contribution is 5.82. The Labute approximate surface area is 130 Å². The number of ether oxygens (including phenoxy) is 1. The van der Waals surface area contributed by atoms with Crippen LogP contribution in [0.3, 0.4) is 0 Å². The minimum atomic E-state index is -0.958. The number of hydrogen-bond donors (Lipinski definition) is 2. The maximum atomic E-state index is 12.6. The Bertz CT molecular complexity index is 509. The normalized spacial score (nSPS) is 18.4. The Morgan fingerprint density at radius 2 is 1.86 bits per heavy atom. The van der Waals surface area contributed by atoms with Gasteiger partial charge >= 0.3 is 11.9 Å². The number of rotatable bonds is 6. The second-order valence-electron chi connectivity index (χ2n) is 5.91. The first-order valence-corrected chi connectivity index (χ1v) is 7.75. The van der Waals surface area contributed by atoms with Gasteiger partial charge in [0.25, 0.3) is 0 Å². The highest BCUT2D eigenvalue weighted by atomic mass is 16.5. The molecular formula is C17H23NO4. The van der Waals surface area contributed by atoms with Crippen LogP contribution in [0.1, 0.15) is 44.6 Å². The summed E-state index contributed by atoms with van der Waals surface area (Å²) in [7, 11) is 0. The quantitative estimate of drug-likeness (QED) is 0.790. The number of aliphatic carboxylic acids is 1. The van der Waals surface area contributed by atoms with Crippen molar-refractivity contribution in [3.63, 3.8) is 0 Å². The molecule has 0 spiro atoms. The Morgan fingerprint density at radius 1 is 1.23 bits per heavy atom. The molecule has 0 heterocycles. The lowest BCUT2D eigenvalue weighted by molar-refractivity contribution is -0.156. The van der Waals surface area contributed by atoms with Crippen LogP contribution < -0.4 is 5.32 Å². The van der Waals surface area contributed by atoms with E-state index in [1.165, 1.54) is 0 Å². The summed E-state index contributed by atoms with van der Waals surface area (Å²) in [6.07, 6.45) is 4.12. The predicted octanol–water partition coefficient (Wildman–Crippen LogP) is 2.50. The molecule has 5 nitrogen and oxygen atoms in total. The summed E-state index contributed by atoms with van der Waals surface area (Å²) >= 11 is 0. The van der Waals surface area contributed by atoms with Crippen molar-refractivity contribution < 1.29 is 19.4 Å². The lowest BCUT2D eigenvalue weighted by atomic mass is 9.81. The first-order valence-electron chi connectivity index (χ1n) is 7.75. The van der Waals surface area contributed by atoms with E-state index in [9.17, 15) is 9.59 Å². The number of hydrogen-bond acceptors (Lipinski definition) is 4. The molecule has 0 amide bonds. The van der Waals surface area contributed by atoms with Crippen molar-refractivity contribution in [3.8, 4) is 0 Å². The van der Waals surface area contributed by atoms with Crippen molar-refractivity contribution in [1.82, 2.24) is 5.32 Å². The van der Waals surface area contributed by atoms with E-state index in [0.29, 0.717) is 12.8 Å². The monoisotopic (exact) mass is 305 g/mol. The van der Waals surface area contributed by atoms with Crippen molar-refractivity contribution in [2.24, 2.45) is 0 Å². The summed E-state index contributed by atoms with van der Waals surface area (Å²) < 4.78 is 5.46. The van der Waals surface area contributed by atoms with Crippen LogP contribution in [-0.2, 0) is 20.9 Å². The van der Waals surface area contributed by atoms with Crippen LogP contribution in [-0.4, -0.2) is 28.6 Å². The fourth-order valence-electron chi connectivity index (χ4n) is 2.90. The maximum absolute atomic E-state index is 12.6. The number of carbonyl (C=O) groups excluding carboxylic acids is 1. The van der Waals surface area contributed by atoms with Gasteiger partial charge in [-0.05, 0) is 25.3 Å². The molecule has 0 aromatic heterocycles. The summed E-state index contributed by atoms with van der Waals surface area (Å²) in [4.78, 5) is 23.7. The van der Waals surface area contributed by atoms with Gasteiger partial charge in [-0.1, -0.05) is 49.6 Å². The molecule has 2 rings (SSSR count). The zero-order chi connectivity index (χ0) is 16.0. The Morgan fingerprint density at radius 3 is 2.45 bits per heavy atom. The lowest BCUT2D eigenvalue weighted by Crippen LogP contribution is -2.58. The molecule has 1 unspecified atom stereocenters. The van der Waals surface area contributed by atoms with E-state index in [2.05, 4.69) is 5.32 Å². The largest absolute Gasteiger partial charge is 0.480 e. The summed E-state index contributed by atoms with van der Waals surface area (Å²) in [5.74, 6) is -1.30. The second kappa shape index (κ2) is 7.40. The number of carboxylic acid groups (broad SMARTS) is 1. The van der Waals surface area contributed by atoms with Gasteiger partial charge in [-0.3, -0.25) is 14.9 Å². The molecule has 0 bridgehead atoms. The molecular weight excluding hydrogens is 282 g/mol. The molecule has 120 valence electrons. The van der Waals surface area contributed by atoms with Crippen molar-refractivity contribution in [2.45, 2.75) is 57.2 Å². The third-order valence-electron chi connectivity index (χ3n) is 4.17. The molecule has 1 aliphatic rings. The Hall–Kier alpha value is -1.88. The van der Waals surface area contributed by atoms with Crippen LogP contribution in [0.2, 0.25) is 0 Å². The molecule has 1 aliphatic carbocycles. The summed E-state index contributed by atoms with van der Waals surface area (Å²) in [6.45, 7) is 1.77. The minimum absolute atomic E-state index is 0.213. The third-order valence-corrected chi connectivity index (χ3v) is 4.17. The lowest BCUT2D eigenvalue weighted by Gasteiger charge is -2.37. The average Bonchev–Trinajstić information content (AvgIpc) is 2.54. The van der Waals surface area contributed by atoms with Crippen molar-refractivity contribution in [3.05, 3.63) is 35.9 Å². The van der Waals surface area contributed by atoms with E-state index >= 15 is 0 Å². The number of benzene rings is 1. The number of carboxylic acids is 1. The molecule has 0 aliphatic heterocycles. The van der Waals surface area contributed by atoms with E-state index in [1.54, 1.807) is 6.92 Å².